The molecule has 1 aromatic rings. The Labute approximate surface area is 156 Å². The molecular weight excluding hydrogens is 328 g/mol. The van der Waals surface area contributed by atoms with E-state index in [0.29, 0.717) is 24.3 Å². The standard InChI is InChI=1S/C21H30N2O3/c24-20(15-17-4-5-17)23-11-8-21(9-12-23)18(7-14-26-21)6-13-25-16-19-3-1-2-10-22-19/h1-3,10,17-18H,4-9,11-16H2/t18-/m0/s1. The lowest BCUT2D eigenvalue weighted by Crippen LogP contribution is -2.49. The SMILES string of the molecule is O=C(CC1CC1)N1CCC2(CC1)OCC[C@@H]2CCOCc1ccccn1. The molecule has 1 aliphatic carbocycles. The van der Waals surface area contributed by atoms with Gasteiger partial charge in [-0.2, -0.15) is 0 Å². The second-order valence-electron chi connectivity index (χ2n) is 8.09. The topological polar surface area (TPSA) is 51.7 Å². The van der Waals surface area contributed by atoms with Gasteiger partial charge in [0.2, 0.25) is 5.91 Å². The maximum atomic E-state index is 12.3. The molecule has 142 valence electrons. The molecule has 3 fully saturated rings. The van der Waals surface area contributed by atoms with E-state index in [1.165, 1.54) is 12.8 Å². The van der Waals surface area contributed by atoms with E-state index in [1.807, 2.05) is 18.2 Å². The summed E-state index contributed by atoms with van der Waals surface area (Å²) < 4.78 is 12.1. The predicted octanol–water partition coefficient (Wildman–Crippen LogP) is 3.19. The third-order valence-electron chi connectivity index (χ3n) is 6.31. The van der Waals surface area contributed by atoms with Gasteiger partial charge in [-0.1, -0.05) is 6.07 Å². The van der Waals surface area contributed by atoms with Crippen molar-refractivity contribution in [3.63, 3.8) is 0 Å². The van der Waals surface area contributed by atoms with E-state index in [1.54, 1.807) is 6.20 Å². The molecule has 26 heavy (non-hydrogen) atoms. The fraction of sp³-hybridized carbons (Fsp3) is 0.714. The Kier molecular flexibility index (Phi) is 5.55. The molecule has 3 heterocycles. The highest BCUT2D eigenvalue weighted by atomic mass is 16.5. The second-order valence-corrected chi connectivity index (χ2v) is 8.09. The van der Waals surface area contributed by atoms with Gasteiger partial charge in [-0.3, -0.25) is 9.78 Å². The zero-order valence-electron chi connectivity index (χ0n) is 15.6. The average molecular weight is 358 g/mol. The van der Waals surface area contributed by atoms with E-state index >= 15 is 0 Å². The summed E-state index contributed by atoms with van der Waals surface area (Å²) in [6.07, 6.45) is 9.16. The van der Waals surface area contributed by atoms with E-state index in [-0.39, 0.29) is 5.60 Å². The number of hydrogen-bond donors (Lipinski definition) is 0. The van der Waals surface area contributed by atoms with E-state index in [9.17, 15) is 4.79 Å². The molecule has 1 saturated carbocycles. The van der Waals surface area contributed by atoms with Crippen molar-refractivity contribution >= 4 is 5.91 Å². The summed E-state index contributed by atoms with van der Waals surface area (Å²) in [6.45, 7) is 3.89. The molecule has 4 rings (SSSR count). The number of carbonyl (C=O) groups is 1. The molecule has 0 unspecified atom stereocenters. The molecule has 1 spiro atoms. The van der Waals surface area contributed by atoms with Crippen molar-refractivity contribution in [1.29, 1.82) is 0 Å². The maximum Gasteiger partial charge on any atom is 0.222 e. The highest BCUT2D eigenvalue weighted by molar-refractivity contribution is 5.76. The van der Waals surface area contributed by atoms with Gasteiger partial charge in [0.15, 0.2) is 0 Å². The predicted molar refractivity (Wildman–Crippen MR) is 98.5 cm³/mol. The number of amides is 1. The molecule has 0 radical (unpaired) electrons. The number of rotatable bonds is 7. The number of piperidine rings is 1. The molecule has 2 aliphatic heterocycles. The number of nitrogens with zero attached hydrogens (tertiary/aromatic N) is 2. The number of aromatic nitrogens is 1. The van der Waals surface area contributed by atoms with Gasteiger partial charge in [-0.25, -0.2) is 0 Å². The number of likely N-dealkylation sites (tertiary alicyclic amines) is 1. The lowest BCUT2D eigenvalue weighted by Gasteiger charge is -2.42. The normalized spacial score (nSPS) is 24.9. The van der Waals surface area contributed by atoms with Gasteiger partial charge in [0.1, 0.15) is 0 Å². The van der Waals surface area contributed by atoms with Crippen molar-refractivity contribution in [2.24, 2.45) is 11.8 Å². The first-order valence-electron chi connectivity index (χ1n) is 10.1. The zero-order chi connectivity index (χ0) is 17.8. The monoisotopic (exact) mass is 358 g/mol. The van der Waals surface area contributed by atoms with Crippen LogP contribution in [0.4, 0.5) is 0 Å². The zero-order valence-corrected chi connectivity index (χ0v) is 15.6. The van der Waals surface area contributed by atoms with Crippen molar-refractivity contribution in [3.05, 3.63) is 30.1 Å². The third-order valence-corrected chi connectivity index (χ3v) is 6.31. The molecule has 3 aliphatic rings. The van der Waals surface area contributed by atoms with Crippen LogP contribution in [0.2, 0.25) is 0 Å². The van der Waals surface area contributed by atoms with Crippen LogP contribution in [0.5, 0.6) is 0 Å². The molecule has 5 nitrogen and oxygen atoms in total. The lowest BCUT2D eigenvalue weighted by molar-refractivity contribution is -0.138. The summed E-state index contributed by atoms with van der Waals surface area (Å²) >= 11 is 0. The smallest absolute Gasteiger partial charge is 0.222 e. The minimum Gasteiger partial charge on any atom is -0.375 e. The largest absolute Gasteiger partial charge is 0.375 e. The van der Waals surface area contributed by atoms with E-state index in [2.05, 4.69) is 9.88 Å². The van der Waals surface area contributed by atoms with Crippen LogP contribution in [-0.4, -0.2) is 47.7 Å². The van der Waals surface area contributed by atoms with Crippen molar-refractivity contribution in [1.82, 2.24) is 9.88 Å². The number of hydrogen-bond acceptors (Lipinski definition) is 4. The highest BCUT2D eigenvalue weighted by Crippen LogP contribution is 2.43. The van der Waals surface area contributed by atoms with Crippen LogP contribution in [-0.2, 0) is 20.9 Å². The van der Waals surface area contributed by atoms with E-state index in [0.717, 1.165) is 64.1 Å². The first-order chi connectivity index (χ1) is 12.8. The van der Waals surface area contributed by atoms with Gasteiger partial charge in [-0.15, -0.1) is 0 Å². The van der Waals surface area contributed by atoms with Gasteiger partial charge >= 0.3 is 0 Å². The second kappa shape index (κ2) is 8.05. The Morgan fingerprint density at radius 1 is 1.27 bits per heavy atom. The first-order valence-corrected chi connectivity index (χ1v) is 10.1. The highest BCUT2D eigenvalue weighted by Gasteiger charge is 2.46. The van der Waals surface area contributed by atoms with Crippen molar-refractivity contribution in [2.45, 2.75) is 57.2 Å². The maximum absolute atomic E-state index is 12.3. The van der Waals surface area contributed by atoms with Crippen molar-refractivity contribution in [2.75, 3.05) is 26.3 Å². The number of pyridine rings is 1. The van der Waals surface area contributed by atoms with E-state index in [4.69, 9.17) is 9.47 Å². The average Bonchev–Trinajstić information content (AvgIpc) is 3.41. The molecule has 1 atom stereocenters. The Morgan fingerprint density at radius 2 is 2.12 bits per heavy atom. The summed E-state index contributed by atoms with van der Waals surface area (Å²) in [4.78, 5) is 18.7. The number of ether oxygens (including phenoxy) is 2. The van der Waals surface area contributed by atoms with Gasteiger partial charge < -0.3 is 14.4 Å². The van der Waals surface area contributed by atoms with Crippen LogP contribution in [0, 0.1) is 11.8 Å². The Hall–Kier alpha value is -1.46. The molecule has 1 amide bonds. The number of carbonyl (C=O) groups excluding carboxylic acids is 1. The third kappa shape index (κ3) is 4.26. The van der Waals surface area contributed by atoms with Crippen molar-refractivity contribution in [3.8, 4) is 0 Å². The summed E-state index contributed by atoms with van der Waals surface area (Å²) in [5, 5.41) is 0. The van der Waals surface area contributed by atoms with Crippen LogP contribution in [0.25, 0.3) is 0 Å². The van der Waals surface area contributed by atoms with Crippen LogP contribution in [0.15, 0.2) is 24.4 Å². The van der Waals surface area contributed by atoms with Gasteiger partial charge in [0, 0.05) is 38.9 Å². The summed E-state index contributed by atoms with van der Waals surface area (Å²) in [7, 11) is 0. The summed E-state index contributed by atoms with van der Waals surface area (Å²) in [6, 6.07) is 5.91. The molecule has 1 aromatic heterocycles. The molecular formula is C21H30N2O3. The minimum absolute atomic E-state index is 0.0231. The molecule has 0 N–H and O–H groups in total. The van der Waals surface area contributed by atoms with Crippen LogP contribution in [0.1, 0.15) is 50.6 Å². The Balaban J connectivity index is 1.22. The van der Waals surface area contributed by atoms with Gasteiger partial charge in [0.25, 0.3) is 0 Å². The fourth-order valence-corrected chi connectivity index (χ4v) is 4.46. The molecule has 0 bridgehead atoms. The summed E-state index contributed by atoms with van der Waals surface area (Å²) in [5.74, 6) is 1.58. The van der Waals surface area contributed by atoms with Gasteiger partial charge in [-0.05, 0) is 62.5 Å². The Bertz CT molecular complexity index is 595. The van der Waals surface area contributed by atoms with Crippen LogP contribution < -0.4 is 0 Å². The minimum atomic E-state index is -0.0231. The first kappa shape index (κ1) is 17.9. The van der Waals surface area contributed by atoms with Crippen molar-refractivity contribution < 1.29 is 14.3 Å². The molecule has 2 saturated heterocycles. The Morgan fingerprint density at radius 3 is 2.85 bits per heavy atom. The van der Waals surface area contributed by atoms with E-state index < -0.39 is 0 Å². The quantitative estimate of drug-likeness (QED) is 0.703. The summed E-state index contributed by atoms with van der Waals surface area (Å²) in [5.41, 5.74) is 0.956. The molecule has 0 aromatic carbocycles. The van der Waals surface area contributed by atoms with Crippen LogP contribution >= 0.6 is 0 Å². The van der Waals surface area contributed by atoms with Crippen LogP contribution in [0.3, 0.4) is 0 Å². The molecule has 5 heteroatoms. The lowest BCUT2D eigenvalue weighted by atomic mass is 9.78. The van der Waals surface area contributed by atoms with Gasteiger partial charge in [0.05, 0.1) is 17.9 Å². The fourth-order valence-electron chi connectivity index (χ4n) is 4.46.